The van der Waals surface area contributed by atoms with Crippen molar-refractivity contribution in [2.75, 3.05) is 4.90 Å². The molecule has 6 heteroatoms. The van der Waals surface area contributed by atoms with Gasteiger partial charge in [-0.2, -0.15) is 0 Å². The summed E-state index contributed by atoms with van der Waals surface area (Å²) in [5.74, 6) is -0.331. The second-order valence-corrected chi connectivity index (χ2v) is 6.84. The second-order valence-electron chi connectivity index (χ2n) is 6.40. The average Bonchev–Trinajstić information content (AvgIpc) is 2.69. The van der Waals surface area contributed by atoms with Crippen LogP contribution in [0.3, 0.4) is 0 Å². The minimum atomic E-state index is -0.668. The van der Waals surface area contributed by atoms with Crippen LogP contribution in [0.2, 0.25) is 5.02 Å². The lowest BCUT2D eigenvalue weighted by molar-refractivity contribution is 0.0885. The molecule has 2 aromatic carbocycles. The van der Waals surface area contributed by atoms with Crippen LogP contribution in [-0.2, 0) is 0 Å². The predicted molar refractivity (Wildman–Crippen MR) is 103 cm³/mol. The highest BCUT2D eigenvalue weighted by Gasteiger charge is 2.42. The van der Waals surface area contributed by atoms with Crippen molar-refractivity contribution in [2.45, 2.75) is 6.04 Å². The predicted octanol–water partition coefficient (Wildman–Crippen LogP) is 4.04. The molecule has 2 aliphatic rings. The van der Waals surface area contributed by atoms with Crippen molar-refractivity contribution in [1.29, 1.82) is 0 Å². The summed E-state index contributed by atoms with van der Waals surface area (Å²) < 4.78 is 0. The first-order valence-electron chi connectivity index (χ1n) is 8.39. The molecule has 0 fully saturated rings. The molecule has 5 nitrogen and oxygen atoms in total. The Labute approximate surface area is 159 Å². The number of amides is 1. The van der Waals surface area contributed by atoms with Gasteiger partial charge in [0.1, 0.15) is 12.4 Å². The van der Waals surface area contributed by atoms with Crippen molar-refractivity contribution in [1.82, 2.24) is 9.97 Å². The Morgan fingerprint density at radius 3 is 2.59 bits per heavy atom. The number of Topliss-reactive ketones (excluding diaryl/α,β-unsaturated/α-hetero) is 1. The first kappa shape index (κ1) is 15.9. The standard InChI is InChI=1S/C21H12ClN3O2/c22-14-2-1-3-15(8-14)25-17-7-5-12-4-6-16(13-9-23-11-24-10-13)19(21(25)27)18(12)20(17)26/h1-11,17H. The second kappa shape index (κ2) is 5.86. The zero-order chi connectivity index (χ0) is 18.5. The largest absolute Gasteiger partial charge is 0.294 e. The molecule has 1 aliphatic carbocycles. The van der Waals surface area contributed by atoms with Gasteiger partial charge in [0.2, 0.25) is 0 Å². The lowest BCUT2D eigenvalue weighted by Crippen LogP contribution is -2.50. The number of ketones is 1. The van der Waals surface area contributed by atoms with Crippen molar-refractivity contribution >= 4 is 35.1 Å². The summed E-state index contributed by atoms with van der Waals surface area (Å²) in [4.78, 5) is 36.3. The highest BCUT2D eigenvalue weighted by atomic mass is 35.5. The molecule has 2 bridgehead atoms. The summed E-state index contributed by atoms with van der Waals surface area (Å²) in [5.41, 5.74) is 3.53. The lowest BCUT2D eigenvalue weighted by Gasteiger charge is -2.37. The number of anilines is 1. The van der Waals surface area contributed by atoms with E-state index in [1.165, 1.54) is 11.2 Å². The van der Waals surface area contributed by atoms with Crippen LogP contribution in [0, 0.1) is 0 Å². The van der Waals surface area contributed by atoms with E-state index in [0.717, 1.165) is 5.56 Å². The molecule has 2 heterocycles. The molecule has 1 aliphatic heterocycles. The molecule has 5 rings (SSSR count). The van der Waals surface area contributed by atoms with E-state index in [2.05, 4.69) is 9.97 Å². The van der Waals surface area contributed by atoms with Crippen LogP contribution in [0.25, 0.3) is 17.2 Å². The number of carbonyl (C=O) groups excluding carboxylic acids is 2. The molecule has 1 unspecified atom stereocenters. The number of halogens is 1. The summed E-state index contributed by atoms with van der Waals surface area (Å²) in [6, 6.07) is 9.99. The fraction of sp³-hybridized carbons (Fsp3) is 0.0476. The van der Waals surface area contributed by atoms with Gasteiger partial charge in [0.15, 0.2) is 5.78 Å². The molecule has 0 saturated carbocycles. The normalized spacial score (nSPS) is 17.4. The van der Waals surface area contributed by atoms with Gasteiger partial charge in [-0.15, -0.1) is 0 Å². The Morgan fingerprint density at radius 1 is 1.00 bits per heavy atom. The van der Waals surface area contributed by atoms with E-state index >= 15 is 0 Å². The molecule has 3 aromatic rings. The highest BCUT2D eigenvalue weighted by molar-refractivity contribution is 6.31. The van der Waals surface area contributed by atoms with Gasteiger partial charge in [0.05, 0.1) is 5.56 Å². The zero-order valence-corrected chi connectivity index (χ0v) is 14.7. The summed E-state index contributed by atoms with van der Waals surface area (Å²) in [5, 5.41) is 0.503. The van der Waals surface area contributed by atoms with Gasteiger partial charge < -0.3 is 0 Å². The third kappa shape index (κ3) is 2.32. The Hall–Kier alpha value is -3.31. The van der Waals surface area contributed by atoms with E-state index in [-0.39, 0.29) is 11.7 Å². The first-order chi connectivity index (χ1) is 13.1. The fourth-order valence-electron chi connectivity index (χ4n) is 3.71. The maximum absolute atomic E-state index is 13.5. The van der Waals surface area contributed by atoms with E-state index < -0.39 is 6.04 Å². The molecule has 1 atom stereocenters. The topological polar surface area (TPSA) is 63.2 Å². The number of benzene rings is 2. The van der Waals surface area contributed by atoms with Crippen LogP contribution in [0.4, 0.5) is 5.69 Å². The van der Waals surface area contributed by atoms with Gasteiger partial charge in [-0.05, 0) is 29.3 Å². The third-order valence-electron chi connectivity index (χ3n) is 4.88. The number of hydrogen-bond acceptors (Lipinski definition) is 4. The SMILES string of the molecule is O=C1c2c3ccc(-c4cncnc4)c2C(=O)N(c2cccc(Cl)c2)C1C=C3. The minimum Gasteiger partial charge on any atom is -0.294 e. The molecular weight excluding hydrogens is 362 g/mol. The minimum absolute atomic E-state index is 0.0965. The van der Waals surface area contributed by atoms with Crippen molar-refractivity contribution in [2.24, 2.45) is 0 Å². The van der Waals surface area contributed by atoms with Crippen molar-refractivity contribution < 1.29 is 9.59 Å². The molecule has 0 radical (unpaired) electrons. The number of aromatic nitrogens is 2. The van der Waals surface area contributed by atoms with Gasteiger partial charge in [0.25, 0.3) is 5.91 Å². The third-order valence-corrected chi connectivity index (χ3v) is 5.11. The summed E-state index contributed by atoms with van der Waals surface area (Å²) in [7, 11) is 0. The first-order valence-corrected chi connectivity index (χ1v) is 8.77. The van der Waals surface area contributed by atoms with Gasteiger partial charge in [-0.25, -0.2) is 9.97 Å². The molecule has 1 aromatic heterocycles. The van der Waals surface area contributed by atoms with E-state index in [9.17, 15) is 9.59 Å². The zero-order valence-electron chi connectivity index (χ0n) is 14.0. The van der Waals surface area contributed by atoms with E-state index in [4.69, 9.17) is 11.6 Å². The highest BCUT2D eigenvalue weighted by Crippen LogP contribution is 2.39. The smallest absolute Gasteiger partial charge is 0.260 e. The number of rotatable bonds is 2. The van der Waals surface area contributed by atoms with E-state index in [0.29, 0.717) is 33.0 Å². The maximum atomic E-state index is 13.5. The van der Waals surface area contributed by atoms with Crippen molar-refractivity contribution in [3.8, 4) is 11.1 Å². The van der Waals surface area contributed by atoms with E-state index in [1.54, 1.807) is 42.7 Å². The van der Waals surface area contributed by atoms with E-state index in [1.807, 2.05) is 18.2 Å². The van der Waals surface area contributed by atoms with Crippen LogP contribution >= 0.6 is 11.6 Å². The Kier molecular flexibility index (Phi) is 3.45. The van der Waals surface area contributed by atoms with Crippen LogP contribution < -0.4 is 4.90 Å². The summed E-state index contributed by atoms with van der Waals surface area (Å²) in [6.07, 6.45) is 8.35. The molecule has 130 valence electrons. The van der Waals surface area contributed by atoms with Gasteiger partial charge in [-0.1, -0.05) is 42.0 Å². The number of nitrogens with zero attached hydrogens (tertiary/aromatic N) is 3. The lowest BCUT2D eigenvalue weighted by atomic mass is 9.80. The van der Waals surface area contributed by atoms with Crippen molar-refractivity contribution in [3.05, 3.63) is 82.9 Å². The van der Waals surface area contributed by atoms with Crippen LogP contribution in [0.15, 0.2) is 61.2 Å². The molecule has 1 amide bonds. The monoisotopic (exact) mass is 373 g/mol. The fourth-order valence-corrected chi connectivity index (χ4v) is 3.89. The molecule has 0 spiro atoms. The molecule has 0 saturated heterocycles. The Balaban J connectivity index is 1.78. The van der Waals surface area contributed by atoms with Gasteiger partial charge >= 0.3 is 0 Å². The average molecular weight is 374 g/mol. The Morgan fingerprint density at radius 2 is 1.81 bits per heavy atom. The molecule has 0 N–H and O–H groups in total. The maximum Gasteiger partial charge on any atom is 0.260 e. The van der Waals surface area contributed by atoms with Crippen LogP contribution in [-0.4, -0.2) is 27.7 Å². The molecule has 27 heavy (non-hydrogen) atoms. The molecular formula is C21H12ClN3O2. The van der Waals surface area contributed by atoms with Crippen molar-refractivity contribution in [3.63, 3.8) is 0 Å². The van der Waals surface area contributed by atoms with Crippen LogP contribution in [0.5, 0.6) is 0 Å². The quantitative estimate of drug-likeness (QED) is 0.680. The Bertz CT molecular complexity index is 1140. The number of carbonyl (C=O) groups is 2. The summed E-state index contributed by atoms with van der Waals surface area (Å²) in [6.45, 7) is 0. The van der Waals surface area contributed by atoms with Crippen LogP contribution in [0.1, 0.15) is 26.3 Å². The number of fused-ring (bicyclic) bond motifs is 1. The van der Waals surface area contributed by atoms with Gasteiger partial charge in [0, 0.05) is 34.2 Å². The number of hydrogen-bond donors (Lipinski definition) is 0. The van der Waals surface area contributed by atoms with Gasteiger partial charge in [-0.3, -0.25) is 14.5 Å². The summed E-state index contributed by atoms with van der Waals surface area (Å²) >= 11 is 6.12.